The lowest BCUT2D eigenvalue weighted by Crippen LogP contribution is -2.52. The largest absolute Gasteiger partial charge is 0.490 e. The quantitative estimate of drug-likeness (QED) is 0.261. The predicted octanol–water partition coefficient (Wildman–Crippen LogP) is 4.80. The van der Waals surface area contributed by atoms with Gasteiger partial charge in [-0.05, 0) is 37.1 Å². The molecule has 1 unspecified atom stereocenters. The molecule has 1 atom stereocenters. The topological polar surface area (TPSA) is 111 Å². The highest BCUT2D eigenvalue weighted by atomic mass is 35.5. The molecule has 0 bridgehead atoms. The van der Waals surface area contributed by atoms with E-state index in [9.17, 15) is 19.7 Å². The first-order valence-corrected chi connectivity index (χ1v) is 12.4. The summed E-state index contributed by atoms with van der Waals surface area (Å²) < 4.78 is 10.8. The molecule has 0 aliphatic heterocycles. The molecule has 0 fully saturated rings. The van der Waals surface area contributed by atoms with Crippen LogP contribution in [-0.4, -0.2) is 47.4 Å². The van der Waals surface area contributed by atoms with E-state index in [1.807, 2.05) is 50.2 Å². The lowest BCUT2D eigenvalue weighted by molar-refractivity contribution is -0.385. The Labute approximate surface area is 226 Å². The molecular formula is C28H30ClN3O6. The number of nitrogens with one attached hydrogen (secondary N) is 1. The van der Waals surface area contributed by atoms with Gasteiger partial charge in [-0.15, -0.1) is 0 Å². The van der Waals surface area contributed by atoms with Gasteiger partial charge in [-0.2, -0.15) is 0 Å². The zero-order valence-electron chi connectivity index (χ0n) is 21.4. The average molecular weight is 540 g/mol. The molecule has 0 heterocycles. The highest BCUT2D eigenvalue weighted by Gasteiger charge is 2.31. The Bertz CT molecular complexity index is 1270. The van der Waals surface area contributed by atoms with Crippen molar-refractivity contribution < 1.29 is 24.0 Å². The monoisotopic (exact) mass is 539 g/mol. The van der Waals surface area contributed by atoms with Gasteiger partial charge >= 0.3 is 5.69 Å². The summed E-state index contributed by atoms with van der Waals surface area (Å²) in [6.45, 7) is 3.37. The molecule has 2 amide bonds. The number of nitrogens with zero attached hydrogens (tertiary/aromatic N) is 2. The predicted molar refractivity (Wildman–Crippen MR) is 144 cm³/mol. The van der Waals surface area contributed by atoms with Gasteiger partial charge in [0, 0.05) is 36.2 Å². The van der Waals surface area contributed by atoms with Crippen LogP contribution in [0.1, 0.15) is 25.0 Å². The fraction of sp³-hybridized carbons (Fsp3) is 0.286. The van der Waals surface area contributed by atoms with Crippen LogP contribution in [0.3, 0.4) is 0 Å². The third-order valence-corrected chi connectivity index (χ3v) is 6.08. The van der Waals surface area contributed by atoms with E-state index in [4.69, 9.17) is 21.1 Å². The van der Waals surface area contributed by atoms with E-state index in [2.05, 4.69) is 5.32 Å². The maximum Gasteiger partial charge on any atom is 0.311 e. The van der Waals surface area contributed by atoms with Crippen LogP contribution in [0.25, 0.3) is 0 Å². The second-order valence-corrected chi connectivity index (χ2v) is 9.27. The summed E-state index contributed by atoms with van der Waals surface area (Å²) in [5.74, 6) is -0.542. The molecule has 3 rings (SSSR count). The Balaban J connectivity index is 1.92. The third kappa shape index (κ3) is 7.69. The number of nitro benzene ring substituents is 1. The molecule has 200 valence electrons. The van der Waals surface area contributed by atoms with Gasteiger partial charge in [0.1, 0.15) is 11.8 Å². The SMILES string of the molecule is COc1cc(OCC(=O)N(Cc2ccccc2Cl)C(Cc2ccccc2)C(=O)NC(C)C)ccc1[N+](=O)[O-]. The molecule has 1 N–H and O–H groups in total. The van der Waals surface area contributed by atoms with Crippen LogP contribution in [-0.2, 0) is 22.6 Å². The number of amides is 2. The van der Waals surface area contributed by atoms with Crippen LogP contribution in [0.2, 0.25) is 5.02 Å². The lowest BCUT2D eigenvalue weighted by atomic mass is 10.0. The molecule has 9 nitrogen and oxygen atoms in total. The summed E-state index contributed by atoms with van der Waals surface area (Å²) in [7, 11) is 1.31. The first kappa shape index (κ1) is 28.5. The molecule has 38 heavy (non-hydrogen) atoms. The number of ether oxygens (including phenoxy) is 2. The maximum atomic E-state index is 13.6. The second kappa shape index (κ2) is 13.4. The van der Waals surface area contributed by atoms with E-state index in [1.165, 1.54) is 30.2 Å². The molecule has 3 aromatic rings. The zero-order valence-corrected chi connectivity index (χ0v) is 22.2. The number of halogens is 1. The number of benzene rings is 3. The molecule has 3 aromatic carbocycles. The Morgan fingerprint density at radius 1 is 1.05 bits per heavy atom. The standard InChI is InChI=1S/C28H30ClN3O6/c1-19(2)30-28(34)25(15-20-9-5-4-6-10-20)31(17-21-11-7-8-12-23(21)29)27(33)18-38-22-13-14-24(32(35)36)26(16-22)37-3/h4-14,16,19,25H,15,17-18H2,1-3H3,(H,30,34). The summed E-state index contributed by atoms with van der Waals surface area (Å²) in [6, 6.07) is 19.5. The van der Waals surface area contributed by atoms with Crippen LogP contribution in [0, 0.1) is 10.1 Å². The van der Waals surface area contributed by atoms with Crippen molar-refractivity contribution in [2.24, 2.45) is 0 Å². The van der Waals surface area contributed by atoms with Gasteiger partial charge in [0.05, 0.1) is 12.0 Å². The normalized spacial score (nSPS) is 11.5. The summed E-state index contributed by atoms with van der Waals surface area (Å²) in [6.07, 6.45) is 0.279. The highest BCUT2D eigenvalue weighted by molar-refractivity contribution is 6.31. The Hall–Kier alpha value is -4.11. The number of nitro groups is 1. The number of rotatable bonds is 12. The second-order valence-electron chi connectivity index (χ2n) is 8.86. The van der Waals surface area contributed by atoms with Gasteiger partial charge in [0.15, 0.2) is 6.61 Å². The minimum Gasteiger partial charge on any atom is -0.490 e. The smallest absolute Gasteiger partial charge is 0.311 e. The Morgan fingerprint density at radius 2 is 1.74 bits per heavy atom. The van der Waals surface area contributed by atoms with Crippen molar-refractivity contribution in [3.05, 3.63) is 99.1 Å². The summed E-state index contributed by atoms with van der Waals surface area (Å²) in [5, 5.41) is 14.6. The number of carbonyl (C=O) groups is 2. The van der Waals surface area contributed by atoms with Crippen molar-refractivity contribution in [3.8, 4) is 11.5 Å². The molecule has 0 saturated heterocycles. The average Bonchev–Trinajstić information content (AvgIpc) is 2.90. The van der Waals surface area contributed by atoms with E-state index in [0.717, 1.165) is 5.56 Å². The van der Waals surface area contributed by atoms with E-state index in [0.29, 0.717) is 10.6 Å². The highest BCUT2D eigenvalue weighted by Crippen LogP contribution is 2.31. The van der Waals surface area contributed by atoms with Crippen molar-refractivity contribution in [2.75, 3.05) is 13.7 Å². The molecule has 0 radical (unpaired) electrons. The molecule has 0 saturated carbocycles. The number of hydrogen-bond donors (Lipinski definition) is 1. The fourth-order valence-electron chi connectivity index (χ4n) is 3.87. The van der Waals surface area contributed by atoms with Gasteiger partial charge in [0.25, 0.3) is 5.91 Å². The van der Waals surface area contributed by atoms with Crippen molar-refractivity contribution in [3.63, 3.8) is 0 Å². The van der Waals surface area contributed by atoms with Crippen molar-refractivity contribution in [2.45, 2.75) is 38.9 Å². The number of carbonyl (C=O) groups excluding carboxylic acids is 2. The van der Waals surface area contributed by atoms with Crippen LogP contribution in [0.5, 0.6) is 11.5 Å². The van der Waals surface area contributed by atoms with Crippen molar-refractivity contribution in [1.29, 1.82) is 0 Å². The minimum atomic E-state index is -0.849. The van der Waals surface area contributed by atoms with E-state index >= 15 is 0 Å². The van der Waals surface area contributed by atoms with Gasteiger partial charge in [0.2, 0.25) is 11.7 Å². The molecule has 0 aromatic heterocycles. The molecule has 0 spiro atoms. The van der Waals surface area contributed by atoms with E-state index < -0.39 is 23.5 Å². The number of hydrogen-bond acceptors (Lipinski definition) is 6. The van der Waals surface area contributed by atoms with Gasteiger partial charge in [-0.3, -0.25) is 19.7 Å². The van der Waals surface area contributed by atoms with Crippen LogP contribution < -0.4 is 14.8 Å². The summed E-state index contributed by atoms with van der Waals surface area (Å²) in [4.78, 5) is 39.1. The van der Waals surface area contributed by atoms with Crippen LogP contribution in [0.4, 0.5) is 5.69 Å². The number of methoxy groups -OCH3 is 1. The first-order valence-electron chi connectivity index (χ1n) is 12.0. The molecule has 0 aliphatic carbocycles. The van der Waals surface area contributed by atoms with Crippen LogP contribution >= 0.6 is 11.6 Å². The van der Waals surface area contributed by atoms with Crippen molar-refractivity contribution >= 4 is 29.1 Å². The van der Waals surface area contributed by atoms with Crippen molar-refractivity contribution in [1.82, 2.24) is 10.2 Å². The summed E-state index contributed by atoms with van der Waals surface area (Å²) in [5.41, 5.74) is 1.34. The molecular weight excluding hydrogens is 510 g/mol. The zero-order chi connectivity index (χ0) is 27.7. The minimum absolute atomic E-state index is 0.00568. The fourth-order valence-corrected chi connectivity index (χ4v) is 4.07. The first-order chi connectivity index (χ1) is 18.2. The van der Waals surface area contributed by atoms with Gasteiger partial charge < -0.3 is 19.7 Å². The third-order valence-electron chi connectivity index (χ3n) is 5.71. The lowest BCUT2D eigenvalue weighted by Gasteiger charge is -2.32. The molecule has 10 heteroatoms. The Kier molecular flexibility index (Phi) is 10.1. The summed E-state index contributed by atoms with van der Waals surface area (Å²) >= 11 is 6.41. The van der Waals surface area contributed by atoms with Gasteiger partial charge in [-0.1, -0.05) is 60.1 Å². The maximum absolute atomic E-state index is 13.6. The van der Waals surface area contributed by atoms with Gasteiger partial charge in [-0.25, -0.2) is 0 Å². The van der Waals surface area contributed by atoms with E-state index in [1.54, 1.807) is 18.2 Å². The Morgan fingerprint density at radius 3 is 2.37 bits per heavy atom. The molecule has 0 aliphatic rings. The van der Waals surface area contributed by atoms with Crippen LogP contribution in [0.15, 0.2) is 72.8 Å². The van der Waals surface area contributed by atoms with E-state index in [-0.39, 0.29) is 42.1 Å².